The van der Waals surface area contributed by atoms with E-state index in [-0.39, 0.29) is 17.4 Å². The molecule has 3 aliphatic rings. The number of allylic oxidation sites excluding steroid dienone is 4. The van der Waals surface area contributed by atoms with E-state index < -0.39 is 30.1 Å². The Kier molecular flexibility index (Phi) is 9.19. The summed E-state index contributed by atoms with van der Waals surface area (Å²) in [4.78, 5) is 11.8. The van der Waals surface area contributed by atoms with E-state index in [0.717, 1.165) is 43.3 Å². The van der Waals surface area contributed by atoms with Crippen molar-refractivity contribution in [3.05, 3.63) is 47.6 Å². The first-order valence-corrected chi connectivity index (χ1v) is 13.9. The predicted molar refractivity (Wildman–Crippen MR) is 146 cm³/mol. The lowest BCUT2D eigenvalue weighted by molar-refractivity contribution is -0.0660. The molecule has 0 amide bonds. The quantitative estimate of drug-likeness (QED) is 0.283. The molecule has 0 saturated heterocycles. The molecule has 0 spiro atoms. The van der Waals surface area contributed by atoms with Gasteiger partial charge in [0, 0.05) is 6.42 Å². The molecule has 3 aliphatic carbocycles. The smallest absolute Gasteiger partial charge is 0.435 e. The van der Waals surface area contributed by atoms with Crippen LogP contribution in [0.1, 0.15) is 86.5 Å². The summed E-state index contributed by atoms with van der Waals surface area (Å²) in [5.74, 6) is 0.920. The van der Waals surface area contributed by atoms with Gasteiger partial charge in [0.05, 0.1) is 18.8 Å². The second-order valence-corrected chi connectivity index (χ2v) is 12.6. The number of ether oxygens (including phenoxy) is 2. The van der Waals surface area contributed by atoms with Crippen LogP contribution >= 0.6 is 0 Å². The zero-order chi connectivity index (χ0) is 27.6. The van der Waals surface area contributed by atoms with Crippen molar-refractivity contribution in [2.75, 3.05) is 6.61 Å². The van der Waals surface area contributed by atoms with Gasteiger partial charge in [0.2, 0.25) is 0 Å². The Bertz CT molecular complexity index is 941. The van der Waals surface area contributed by atoms with Crippen LogP contribution in [0.3, 0.4) is 0 Å². The van der Waals surface area contributed by atoms with Gasteiger partial charge in [-0.3, -0.25) is 0 Å². The van der Waals surface area contributed by atoms with Crippen molar-refractivity contribution in [3.8, 4) is 0 Å². The summed E-state index contributed by atoms with van der Waals surface area (Å²) >= 11 is 0. The average Bonchev–Trinajstić information content (AvgIpc) is 3.17. The van der Waals surface area contributed by atoms with Crippen molar-refractivity contribution in [1.82, 2.24) is 0 Å². The fourth-order valence-electron chi connectivity index (χ4n) is 7.04. The van der Waals surface area contributed by atoms with Gasteiger partial charge >= 0.3 is 6.16 Å². The molecule has 3 N–H and O–H groups in total. The molecule has 6 heteroatoms. The minimum Gasteiger partial charge on any atom is -0.435 e. The Balaban J connectivity index is 1.76. The number of hydrogen-bond acceptors (Lipinski definition) is 6. The van der Waals surface area contributed by atoms with Crippen LogP contribution in [0.4, 0.5) is 4.79 Å². The van der Waals surface area contributed by atoms with Crippen LogP contribution in [0.25, 0.3) is 0 Å². The van der Waals surface area contributed by atoms with E-state index in [2.05, 4.69) is 45.6 Å². The molecule has 6 nitrogen and oxygen atoms in total. The number of aliphatic hydroxyl groups excluding tert-OH is 3. The van der Waals surface area contributed by atoms with E-state index >= 15 is 0 Å². The molecule has 0 heterocycles. The number of hydrogen-bond donors (Lipinski definition) is 3. The average molecular weight is 517 g/mol. The van der Waals surface area contributed by atoms with Gasteiger partial charge < -0.3 is 24.8 Å². The molecule has 0 bridgehead atoms. The third-order valence-electron chi connectivity index (χ3n) is 9.16. The van der Waals surface area contributed by atoms with E-state index in [0.29, 0.717) is 24.7 Å². The number of carbonyl (C=O) groups excluding carboxylic acids is 1. The molecule has 3 saturated carbocycles. The molecule has 208 valence electrons. The van der Waals surface area contributed by atoms with Crippen molar-refractivity contribution in [1.29, 1.82) is 0 Å². The highest BCUT2D eigenvalue weighted by Crippen LogP contribution is 2.62. The standard InChI is InChI=1S/C31H48O6/c1-8-36-28(35)37-30(5,6)27(34)15-17-29(3,4)26-14-13-24-21(10-9-16-31(24,26)7)11-12-22-18-23(32)19-25(33)20(22)2/h11-12,15,17,23-27,32-34H,2,8-10,13-14,16,18-19H2,1,3-7H3/b17-15+,21-11+,22-12-/t23-,24+,25+,26-,27+,31+/m1/s1. The lowest BCUT2D eigenvalue weighted by atomic mass is 9.57. The molecule has 0 aromatic heterocycles. The van der Waals surface area contributed by atoms with Crippen LogP contribution in [0.15, 0.2) is 47.6 Å². The minimum atomic E-state index is -1.10. The summed E-state index contributed by atoms with van der Waals surface area (Å²) in [7, 11) is 0. The topological polar surface area (TPSA) is 96.2 Å². The highest BCUT2D eigenvalue weighted by atomic mass is 16.7. The first kappa shape index (κ1) is 29.7. The highest BCUT2D eigenvalue weighted by Gasteiger charge is 2.53. The van der Waals surface area contributed by atoms with Gasteiger partial charge in [-0.2, -0.15) is 0 Å². The van der Waals surface area contributed by atoms with Gasteiger partial charge in [-0.15, -0.1) is 0 Å². The molecule has 3 rings (SSSR count). The Hall–Kier alpha value is -1.89. The normalized spacial score (nSPS) is 34.1. The maximum Gasteiger partial charge on any atom is 0.508 e. The van der Waals surface area contributed by atoms with Crippen LogP contribution < -0.4 is 0 Å². The molecule has 37 heavy (non-hydrogen) atoms. The van der Waals surface area contributed by atoms with Crippen LogP contribution in [0, 0.1) is 22.7 Å². The van der Waals surface area contributed by atoms with E-state index in [1.165, 1.54) is 5.57 Å². The number of aliphatic hydroxyl groups is 3. The van der Waals surface area contributed by atoms with Gasteiger partial charge in [-0.1, -0.05) is 57.2 Å². The summed E-state index contributed by atoms with van der Waals surface area (Å²) in [6.07, 6.45) is 11.8. The van der Waals surface area contributed by atoms with E-state index in [1.54, 1.807) is 26.8 Å². The Morgan fingerprint density at radius 3 is 2.59 bits per heavy atom. The number of carbonyl (C=O) groups is 1. The number of fused-ring (bicyclic) bond motifs is 1. The molecule has 3 fully saturated rings. The van der Waals surface area contributed by atoms with E-state index in [1.807, 2.05) is 0 Å². The minimum absolute atomic E-state index is 0.140. The molecular weight excluding hydrogens is 468 g/mol. The SMILES string of the molecule is C=C1/C(=C\C=C2/CCC[C@]3(C)[C@@H](C(C)(C)/C=C/[C@H](O)C(C)(C)OC(=O)OCC)CC[C@@H]23)C[C@@H](O)C[C@@H]1O. The Morgan fingerprint density at radius 1 is 1.22 bits per heavy atom. The maximum absolute atomic E-state index is 11.8. The summed E-state index contributed by atoms with van der Waals surface area (Å²) in [6, 6.07) is 0. The summed E-state index contributed by atoms with van der Waals surface area (Å²) in [5.41, 5.74) is 2.02. The monoisotopic (exact) mass is 516 g/mol. The van der Waals surface area contributed by atoms with E-state index in [4.69, 9.17) is 9.47 Å². The van der Waals surface area contributed by atoms with Crippen molar-refractivity contribution < 1.29 is 29.6 Å². The first-order chi connectivity index (χ1) is 17.2. The number of rotatable bonds is 7. The van der Waals surface area contributed by atoms with Gasteiger partial charge in [-0.05, 0) is 93.1 Å². The van der Waals surface area contributed by atoms with Crippen LogP contribution in [-0.4, -0.2) is 52.0 Å². The molecular formula is C31H48O6. The molecule has 0 aromatic rings. The van der Waals surface area contributed by atoms with E-state index in [9.17, 15) is 20.1 Å². The fourth-order valence-corrected chi connectivity index (χ4v) is 7.04. The zero-order valence-corrected chi connectivity index (χ0v) is 23.6. The third-order valence-corrected chi connectivity index (χ3v) is 9.16. The van der Waals surface area contributed by atoms with Crippen LogP contribution in [-0.2, 0) is 9.47 Å². The molecule has 0 unspecified atom stereocenters. The molecule has 0 aromatic carbocycles. The van der Waals surface area contributed by atoms with Gasteiger partial charge in [-0.25, -0.2) is 4.79 Å². The van der Waals surface area contributed by atoms with Crippen LogP contribution in [0.5, 0.6) is 0 Å². The van der Waals surface area contributed by atoms with Crippen molar-refractivity contribution >= 4 is 6.16 Å². The lowest BCUT2D eigenvalue weighted by Gasteiger charge is -2.47. The summed E-state index contributed by atoms with van der Waals surface area (Å²) < 4.78 is 10.2. The second-order valence-electron chi connectivity index (χ2n) is 12.6. The lowest BCUT2D eigenvalue weighted by Crippen LogP contribution is -2.41. The molecule has 6 atom stereocenters. The maximum atomic E-state index is 11.8. The molecule has 0 radical (unpaired) electrons. The third kappa shape index (κ3) is 6.58. The first-order valence-electron chi connectivity index (χ1n) is 13.9. The zero-order valence-electron chi connectivity index (χ0n) is 23.6. The summed E-state index contributed by atoms with van der Waals surface area (Å²) in [5, 5.41) is 31.1. The van der Waals surface area contributed by atoms with Gasteiger partial charge in [0.25, 0.3) is 0 Å². The van der Waals surface area contributed by atoms with Crippen LogP contribution in [0.2, 0.25) is 0 Å². The predicted octanol–water partition coefficient (Wildman–Crippen LogP) is 6.02. The van der Waals surface area contributed by atoms with Gasteiger partial charge in [0.15, 0.2) is 0 Å². The Labute approximate surface area is 223 Å². The largest absolute Gasteiger partial charge is 0.508 e. The highest BCUT2D eigenvalue weighted by molar-refractivity contribution is 5.60. The Morgan fingerprint density at radius 2 is 1.92 bits per heavy atom. The van der Waals surface area contributed by atoms with Crippen molar-refractivity contribution in [2.24, 2.45) is 22.7 Å². The van der Waals surface area contributed by atoms with Crippen molar-refractivity contribution in [2.45, 2.75) is 110 Å². The fraction of sp³-hybridized carbons (Fsp3) is 0.710. The summed E-state index contributed by atoms with van der Waals surface area (Å²) in [6.45, 7) is 16.3. The second kappa shape index (κ2) is 11.5. The van der Waals surface area contributed by atoms with Crippen molar-refractivity contribution in [3.63, 3.8) is 0 Å². The van der Waals surface area contributed by atoms with Gasteiger partial charge in [0.1, 0.15) is 11.7 Å². The molecule has 0 aliphatic heterocycles.